The van der Waals surface area contributed by atoms with Gasteiger partial charge in [0, 0.05) is 5.38 Å². The Balaban J connectivity index is 2.52. The van der Waals surface area contributed by atoms with Gasteiger partial charge in [-0.3, -0.25) is 14.9 Å². The van der Waals surface area contributed by atoms with E-state index in [1.54, 1.807) is 5.38 Å². The Labute approximate surface area is 67.0 Å². The van der Waals surface area contributed by atoms with E-state index in [4.69, 9.17) is 0 Å². The molecule has 2 rings (SSSR count). The Hall–Kier alpha value is -1.16. The van der Waals surface area contributed by atoms with Gasteiger partial charge in [-0.15, -0.1) is 0 Å². The number of rotatable bonds is 0. The van der Waals surface area contributed by atoms with Gasteiger partial charge in [0.2, 0.25) is 5.91 Å². The van der Waals surface area contributed by atoms with Gasteiger partial charge in [0.05, 0.1) is 12.0 Å². The van der Waals surface area contributed by atoms with Gasteiger partial charge in [0.25, 0.3) is 5.91 Å². The Morgan fingerprint density at radius 1 is 1.36 bits per heavy atom. The topological polar surface area (TPSA) is 46.2 Å². The third-order valence-corrected chi connectivity index (χ3v) is 2.38. The van der Waals surface area contributed by atoms with Crippen molar-refractivity contribution in [2.45, 2.75) is 6.42 Å². The molecule has 1 aliphatic rings. The van der Waals surface area contributed by atoms with Crippen LogP contribution >= 0.6 is 11.3 Å². The largest absolute Gasteiger partial charge is 0.292 e. The highest BCUT2D eigenvalue weighted by molar-refractivity contribution is 7.08. The van der Waals surface area contributed by atoms with E-state index in [2.05, 4.69) is 5.32 Å². The van der Waals surface area contributed by atoms with Crippen molar-refractivity contribution in [3.05, 3.63) is 21.9 Å². The van der Waals surface area contributed by atoms with Gasteiger partial charge in [-0.05, 0) is 10.9 Å². The van der Waals surface area contributed by atoms with Gasteiger partial charge in [-0.2, -0.15) is 11.3 Å². The van der Waals surface area contributed by atoms with Crippen LogP contribution in [0.3, 0.4) is 0 Å². The molecule has 0 spiro atoms. The molecule has 1 aromatic rings. The first-order valence-electron chi connectivity index (χ1n) is 3.16. The third-order valence-electron chi connectivity index (χ3n) is 1.59. The van der Waals surface area contributed by atoms with Gasteiger partial charge >= 0.3 is 0 Å². The average Bonchev–Trinajstić information content (AvgIpc) is 2.34. The van der Waals surface area contributed by atoms with E-state index in [1.165, 1.54) is 11.3 Å². The van der Waals surface area contributed by atoms with Crippen molar-refractivity contribution in [1.29, 1.82) is 0 Å². The van der Waals surface area contributed by atoms with Crippen LogP contribution in [0, 0.1) is 0 Å². The fraction of sp³-hybridized carbons (Fsp3) is 0.143. The number of imide groups is 1. The molecule has 0 unspecified atom stereocenters. The quantitative estimate of drug-likeness (QED) is 0.574. The van der Waals surface area contributed by atoms with Crippen molar-refractivity contribution in [3.8, 4) is 0 Å². The van der Waals surface area contributed by atoms with Crippen molar-refractivity contribution in [3.63, 3.8) is 0 Å². The van der Waals surface area contributed by atoms with Gasteiger partial charge in [0.1, 0.15) is 0 Å². The average molecular weight is 167 g/mol. The number of amides is 2. The fourth-order valence-electron chi connectivity index (χ4n) is 1.07. The summed E-state index contributed by atoms with van der Waals surface area (Å²) in [5.74, 6) is -0.474. The van der Waals surface area contributed by atoms with Crippen LogP contribution in [0.25, 0.3) is 0 Å². The normalized spacial score (nSPS) is 16.0. The van der Waals surface area contributed by atoms with Crippen LogP contribution in [-0.2, 0) is 11.2 Å². The first kappa shape index (κ1) is 6.54. The predicted molar refractivity (Wildman–Crippen MR) is 40.5 cm³/mol. The van der Waals surface area contributed by atoms with E-state index >= 15 is 0 Å². The van der Waals surface area contributed by atoms with Crippen molar-refractivity contribution >= 4 is 23.2 Å². The van der Waals surface area contributed by atoms with Crippen LogP contribution in [0.15, 0.2) is 10.8 Å². The summed E-state index contributed by atoms with van der Waals surface area (Å²) in [6.45, 7) is 0. The highest BCUT2D eigenvalue weighted by Gasteiger charge is 2.22. The molecule has 0 fully saturated rings. The molecule has 2 heterocycles. The summed E-state index contributed by atoms with van der Waals surface area (Å²) >= 11 is 1.45. The molecule has 3 nitrogen and oxygen atoms in total. The number of hydrogen-bond acceptors (Lipinski definition) is 3. The molecule has 0 atom stereocenters. The lowest BCUT2D eigenvalue weighted by molar-refractivity contribution is -0.119. The van der Waals surface area contributed by atoms with Crippen LogP contribution in [-0.4, -0.2) is 11.8 Å². The molecule has 0 saturated carbocycles. The standard InChI is InChI=1S/C7H5NO2S/c9-6-1-4-2-11-3-5(4)7(10)8-6/h2-3H,1H2,(H,8,9,10). The van der Waals surface area contributed by atoms with Gasteiger partial charge < -0.3 is 0 Å². The summed E-state index contributed by atoms with van der Waals surface area (Å²) in [5.41, 5.74) is 1.50. The second kappa shape index (κ2) is 2.17. The van der Waals surface area contributed by atoms with Crippen molar-refractivity contribution in [2.24, 2.45) is 0 Å². The zero-order chi connectivity index (χ0) is 7.84. The maximum absolute atomic E-state index is 11.0. The van der Waals surface area contributed by atoms with Gasteiger partial charge in [-0.25, -0.2) is 0 Å². The van der Waals surface area contributed by atoms with Crippen molar-refractivity contribution in [2.75, 3.05) is 0 Å². The van der Waals surface area contributed by atoms with E-state index in [-0.39, 0.29) is 11.8 Å². The summed E-state index contributed by atoms with van der Waals surface area (Å²) < 4.78 is 0. The minimum Gasteiger partial charge on any atom is -0.292 e. The first-order chi connectivity index (χ1) is 5.27. The molecule has 0 aromatic carbocycles. The lowest BCUT2D eigenvalue weighted by Crippen LogP contribution is -2.36. The summed E-state index contributed by atoms with van der Waals surface area (Å²) in [6.07, 6.45) is 0.338. The molecule has 2 amide bonds. The summed E-state index contributed by atoms with van der Waals surface area (Å²) in [7, 11) is 0. The predicted octanol–water partition coefficient (Wildman–Crippen LogP) is 0.561. The SMILES string of the molecule is O=C1Cc2cscc2C(=O)N1. The zero-order valence-electron chi connectivity index (χ0n) is 5.59. The molecule has 0 radical (unpaired) electrons. The van der Waals surface area contributed by atoms with E-state index in [0.717, 1.165) is 5.56 Å². The van der Waals surface area contributed by atoms with Crippen LogP contribution in [0.5, 0.6) is 0 Å². The Kier molecular flexibility index (Phi) is 1.29. The summed E-state index contributed by atoms with van der Waals surface area (Å²) in [4.78, 5) is 21.8. The van der Waals surface area contributed by atoms with Crippen molar-refractivity contribution in [1.82, 2.24) is 5.32 Å². The van der Waals surface area contributed by atoms with E-state index in [1.807, 2.05) is 5.38 Å². The molecule has 11 heavy (non-hydrogen) atoms. The van der Waals surface area contributed by atoms with E-state index < -0.39 is 0 Å². The number of carbonyl (C=O) groups excluding carboxylic acids is 2. The molecule has 1 N–H and O–H groups in total. The highest BCUT2D eigenvalue weighted by Crippen LogP contribution is 2.18. The maximum Gasteiger partial charge on any atom is 0.258 e. The fourth-order valence-corrected chi connectivity index (χ4v) is 1.91. The Bertz CT molecular complexity index is 329. The summed E-state index contributed by atoms with van der Waals surface area (Å²) in [5, 5.41) is 5.85. The summed E-state index contributed by atoms with van der Waals surface area (Å²) in [6, 6.07) is 0. The molecule has 1 aliphatic heterocycles. The molecule has 0 saturated heterocycles. The molecule has 1 aromatic heterocycles. The minimum absolute atomic E-state index is 0.207. The number of thiophene rings is 1. The molecular formula is C7H5NO2S. The number of hydrogen-bond donors (Lipinski definition) is 1. The van der Waals surface area contributed by atoms with E-state index in [0.29, 0.717) is 12.0 Å². The first-order valence-corrected chi connectivity index (χ1v) is 4.11. The smallest absolute Gasteiger partial charge is 0.258 e. The second-order valence-electron chi connectivity index (χ2n) is 2.36. The van der Waals surface area contributed by atoms with E-state index in [9.17, 15) is 9.59 Å². The number of fused-ring (bicyclic) bond motifs is 1. The van der Waals surface area contributed by atoms with Gasteiger partial charge in [0.15, 0.2) is 0 Å². The number of nitrogens with one attached hydrogen (secondary N) is 1. The zero-order valence-corrected chi connectivity index (χ0v) is 6.40. The van der Waals surface area contributed by atoms with Crippen LogP contribution in [0.1, 0.15) is 15.9 Å². The number of carbonyl (C=O) groups is 2. The molecule has 0 bridgehead atoms. The van der Waals surface area contributed by atoms with Crippen molar-refractivity contribution < 1.29 is 9.59 Å². The highest BCUT2D eigenvalue weighted by atomic mass is 32.1. The third kappa shape index (κ3) is 0.952. The second-order valence-corrected chi connectivity index (χ2v) is 3.11. The molecular weight excluding hydrogens is 162 g/mol. The lowest BCUT2D eigenvalue weighted by atomic mass is 10.1. The Morgan fingerprint density at radius 3 is 3.00 bits per heavy atom. The molecule has 0 aliphatic carbocycles. The Morgan fingerprint density at radius 2 is 2.18 bits per heavy atom. The minimum atomic E-state index is -0.266. The molecule has 56 valence electrons. The van der Waals surface area contributed by atoms with Crippen LogP contribution in [0.2, 0.25) is 0 Å². The monoisotopic (exact) mass is 167 g/mol. The van der Waals surface area contributed by atoms with Crippen LogP contribution < -0.4 is 5.32 Å². The van der Waals surface area contributed by atoms with Crippen LogP contribution in [0.4, 0.5) is 0 Å². The molecule has 4 heteroatoms. The maximum atomic E-state index is 11.0. The lowest BCUT2D eigenvalue weighted by Gasteiger charge is -2.09. The van der Waals surface area contributed by atoms with Gasteiger partial charge in [-0.1, -0.05) is 0 Å².